The van der Waals surface area contributed by atoms with Crippen LogP contribution in [0.5, 0.6) is 0 Å². The van der Waals surface area contributed by atoms with Crippen molar-refractivity contribution >= 4 is 45.0 Å². The van der Waals surface area contributed by atoms with Crippen LogP contribution in [0.25, 0.3) is 0 Å². The van der Waals surface area contributed by atoms with Crippen molar-refractivity contribution in [1.82, 2.24) is 10.3 Å². The molecule has 0 aliphatic rings. The van der Waals surface area contributed by atoms with Crippen molar-refractivity contribution in [3.63, 3.8) is 0 Å². The molecular weight excluding hydrogens is 436 g/mol. The van der Waals surface area contributed by atoms with Crippen LogP contribution in [0.2, 0.25) is 0 Å². The number of benzene rings is 2. The van der Waals surface area contributed by atoms with E-state index in [0.717, 1.165) is 4.47 Å². The molecule has 2 aromatic carbocycles. The summed E-state index contributed by atoms with van der Waals surface area (Å²) in [5.41, 5.74) is 1.83. The van der Waals surface area contributed by atoms with Crippen LogP contribution in [-0.2, 0) is 4.79 Å². The van der Waals surface area contributed by atoms with Crippen LogP contribution in [0.3, 0.4) is 0 Å². The summed E-state index contributed by atoms with van der Waals surface area (Å²) in [4.78, 5) is 40.4. The summed E-state index contributed by atoms with van der Waals surface area (Å²) in [5.74, 6) is -1.10. The standard InChI is InChI=1S/C21H17BrN4O3/c22-16-6-8-17(9-7-16)25-19(27)13-24-20(28)14-3-1-5-18(11-14)26-21(29)15-4-2-10-23-12-15/h1-12H,13H2,(H,24,28)(H,25,27)(H,26,29). The average Bonchev–Trinajstić information content (AvgIpc) is 2.74. The lowest BCUT2D eigenvalue weighted by Gasteiger charge is -2.09. The maximum Gasteiger partial charge on any atom is 0.257 e. The topological polar surface area (TPSA) is 100 Å². The molecule has 8 heteroatoms. The van der Waals surface area contributed by atoms with Crippen LogP contribution in [0.4, 0.5) is 11.4 Å². The molecule has 29 heavy (non-hydrogen) atoms. The summed E-state index contributed by atoms with van der Waals surface area (Å²) < 4.78 is 0.902. The fraction of sp³-hybridized carbons (Fsp3) is 0.0476. The molecule has 0 spiro atoms. The van der Waals surface area contributed by atoms with Crippen molar-refractivity contribution < 1.29 is 14.4 Å². The van der Waals surface area contributed by atoms with Crippen LogP contribution in [-0.4, -0.2) is 29.3 Å². The molecule has 0 saturated heterocycles. The molecule has 0 aliphatic heterocycles. The van der Waals surface area contributed by atoms with Gasteiger partial charge in [0.25, 0.3) is 11.8 Å². The first-order valence-electron chi connectivity index (χ1n) is 8.66. The highest BCUT2D eigenvalue weighted by Gasteiger charge is 2.11. The summed E-state index contributed by atoms with van der Waals surface area (Å²) in [7, 11) is 0. The third-order valence-electron chi connectivity index (χ3n) is 3.84. The van der Waals surface area contributed by atoms with Gasteiger partial charge in [-0.05, 0) is 54.6 Å². The third kappa shape index (κ3) is 5.98. The zero-order valence-electron chi connectivity index (χ0n) is 15.2. The first-order valence-corrected chi connectivity index (χ1v) is 9.45. The van der Waals surface area contributed by atoms with Crippen LogP contribution >= 0.6 is 15.9 Å². The number of anilines is 2. The Labute approximate surface area is 175 Å². The van der Waals surface area contributed by atoms with Crippen molar-refractivity contribution in [2.45, 2.75) is 0 Å². The van der Waals surface area contributed by atoms with E-state index >= 15 is 0 Å². The van der Waals surface area contributed by atoms with E-state index in [1.165, 1.54) is 12.3 Å². The van der Waals surface area contributed by atoms with Gasteiger partial charge in [0.15, 0.2) is 0 Å². The number of rotatable bonds is 6. The van der Waals surface area contributed by atoms with Gasteiger partial charge < -0.3 is 16.0 Å². The van der Waals surface area contributed by atoms with Gasteiger partial charge in [-0.3, -0.25) is 19.4 Å². The number of nitrogens with zero attached hydrogens (tertiary/aromatic N) is 1. The molecule has 0 saturated carbocycles. The Bertz CT molecular complexity index is 1020. The number of halogens is 1. The van der Waals surface area contributed by atoms with Crippen molar-refractivity contribution in [3.05, 3.63) is 88.7 Å². The number of aromatic nitrogens is 1. The minimum atomic E-state index is -0.423. The highest BCUT2D eigenvalue weighted by molar-refractivity contribution is 9.10. The predicted octanol–water partition coefficient (Wildman–Crippen LogP) is 3.46. The normalized spacial score (nSPS) is 10.1. The maximum atomic E-state index is 12.3. The molecule has 1 heterocycles. The second kappa shape index (κ2) is 9.61. The van der Waals surface area contributed by atoms with Gasteiger partial charge in [0.2, 0.25) is 5.91 Å². The van der Waals surface area contributed by atoms with Gasteiger partial charge in [0, 0.05) is 33.8 Å². The van der Waals surface area contributed by atoms with Gasteiger partial charge in [0.1, 0.15) is 0 Å². The number of nitrogens with one attached hydrogen (secondary N) is 3. The van der Waals surface area contributed by atoms with Gasteiger partial charge in [-0.25, -0.2) is 0 Å². The highest BCUT2D eigenvalue weighted by Crippen LogP contribution is 2.14. The van der Waals surface area contributed by atoms with Gasteiger partial charge >= 0.3 is 0 Å². The molecule has 1 aromatic heterocycles. The second-order valence-corrected chi connectivity index (χ2v) is 6.93. The Morgan fingerprint density at radius 1 is 0.828 bits per heavy atom. The van der Waals surface area contributed by atoms with Crippen molar-refractivity contribution in [2.75, 3.05) is 17.2 Å². The lowest BCUT2D eigenvalue weighted by Crippen LogP contribution is -2.32. The summed E-state index contributed by atoms with van der Waals surface area (Å²) in [6, 6.07) is 16.9. The molecule has 0 bridgehead atoms. The Kier molecular flexibility index (Phi) is 6.70. The number of amides is 3. The summed E-state index contributed by atoms with van der Waals surface area (Å²) in [6.45, 7) is -0.179. The SMILES string of the molecule is O=C(CNC(=O)c1cccc(NC(=O)c2cccnc2)c1)Nc1ccc(Br)cc1. The number of hydrogen-bond acceptors (Lipinski definition) is 4. The highest BCUT2D eigenvalue weighted by atomic mass is 79.9. The zero-order valence-corrected chi connectivity index (χ0v) is 16.8. The van der Waals surface area contributed by atoms with Gasteiger partial charge in [-0.15, -0.1) is 0 Å². The van der Waals surface area contributed by atoms with E-state index in [4.69, 9.17) is 0 Å². The van der Waals surface area contributed by atoms with Crippen LogP contribution in [0, 0.1) is 0 Å². The van der Waals surface area contributed by atoms with E-state index < -0.39 is 5.91 Å². The fourth-order valence-corrected chi connectivity index (χ4v) is 2.70. The predicted molar refractivity (Wildman–Crippen MR) is 114 cm³/mol. The van der Waals surface area contributed by atoms with Gasteiger partial charge in [0.05, 0.1) is 12.1 Å². The molecular formula is C21H17BrN4O3. The maximum absolute atomic E-state index is 12.3. The monoisotopic (exact) mass is 452 g/mol. The molecule has 0 fully saturated rings. The molecule has 0 aliphatic carbocycles. The van der Waals surface area contributed by atoms with E-state index in [1.54, 1.807) is 60.8 Å². The van der Waals surface area contributed by atoms with E-state index in [0.29, 0.717) is 22.5 Å². The second-order valence-electron chi connectivity index (χ2n) is 6.01. The quantitative estimate of drug-likeness (QED) is 0.532. The molecule has 3 rings (SSSR count). The Balaban J connectivity index is 1.55. The molecule has 0 atom stereocenters. The summed E-state index contributed by atoms with van der Waals surface area (Å²) in [5, 5.41) is 7.97. The molecule has 3 amide bonds. The zero-order chi connectivity index (χ0) is 20.6. The molecule has 7 nitrogen and oxygen atoms in total. The van der Waals surface area contributed by atoms with Crippen LogP contribution < -0.4 is 16.0 Å². The van der Waals surface area contributed by atoms with Crippen LogP contribution in [0.15, 0.2) is 77.5 Å². The molecule has 146 valence electrons. The first-order chi connectivity index (χ1) is 14.0. The van der Waals surface area contributed by atoms with E-state index in [-0.39, 0.29) is 18.4 Å². The van der Waals surface area contributed by atoms with Crippen molar-refractivity contribution in [1.29, 1.82) is 0 Å². The first kappa shape index (κ1) is 20.2. The average molecular weight is 453 g/mol. The number of carbonyl (C=O) groups is 3. The number of carbonyl (C=O) groups excluding carboxylic acids is 3. The number of pyridine rings is 1. The molecule has 0 unspecified atom stereocenters. The van der Waals surface area contributed by atoms with Gasteiger partial charge in [-0.2, -0.15) is 0 Å². The van der Waals surface area contributed by atoms with Crippen LogP contribution in [0.1, 0.15) is 20.7 Å². The Morgan fingerprint density at radius 3 is 2.31 bits per heavy atom. The molecule has 3 N–H and O–H groups in total. The summed E-state index contributed by atoms with van der Waals surface area (Å²) in [6.07, 6.45) is 3.03. The lowest BCUT2D eigenvalue weighted by atomic mass is 10.1. The fourth-order valence-electron chi connectivity index (χ4n) is 2.44. The molecule has 0 radical (unpaired) electrons. The summed E-state index contributed by atoms with van der Waals surface area (Å²) >= 11 is 3.32. The van der Waals surface area contributed by atoms with Crippen molar-refractivity contribution in [2.24, 2.45) is 0 Å². The smallest absolute Gasteiger partial charge is 0.257 e. The van der Waals surface area contributed by atoms with Crippen molar-refractivity contribution in [3.8, 4) is 0 Å². The minimum Gasteiger partial charge on any atom is -0.343 e. The number of hydrogen-bond donors (Lipinski definition) is 3. The largest absolute Gasteiger partial charge is 0.343 e. The van der Waals surface area contributed by atoms with E-state index in [9.17, 15) is 14.4 Å². The minimum absolute atomic E-state index is 0.179. The molecule has 3 aromatic rings. The van der Waals surface area contributed by atoms with Gasteiger partial charge in [-0.1, -0.05) is 22.0 Å². The lowest BCUT2D eigenvalue weighted by molar-refractivity contribution is -0.115. The third-order valence-corrected chi connectivity index (χ3v) is 4.37. The Morgan fingerprint density at radius 2 is 1.59 bits per heavy atom. The Hall–Kier alpha value is -3.52. The van der Waals surface area contributed by atoms with E-state index in [1.807, 2.05) is 0 Å². The van der Waals surface area contributed by atoms with E-state index in [2.05, 4.69) is 36.9 Å².